The number of nitrogens with zero attached hydrogens (tertiary/aromatic N) is 4. The van der Waals surface area contributed by atoms with Gasteiger partial charge in [-0.2, -0.15) is 0 Å². The summed E-state index contributed by atoms with van der Waals surface area (Å²) in [6.45, 7) is 4.47. The van der Waals surface area contributed by atoms with E-state index < -0.39 is 0 Å². The molecule has 0 atom stereocenters. The molecule has 8 nitrogen and oxygen atoms in total. The van der Waals surface area contributed by atoms with Crippen LogP contribution in [-0.2, 0) is 20.1 Å². The van der Waals surface area contributed by atoms with Crippen LogP contribution in [0.3, 0.4) is 0 Å². The van der Waals surface area contributed by atoms with Gasteiger partial charge in [-0.15, -0.1) is 34.2 Å². The van der Waals surface area contributed by atoms with Crippen molar-refractivity contribution in [2.45, 2.75) is 26.4 Å². The number of anilines is 1. The Morgan fingerprint density at radius 3 is 2.71 bits per heavy atom. The van der Waals surface area contributed by atoms with Crippen molar-refractivity contribution in [2.24, 2.45) is 12.0 Å². The fourth-order valence-electron chi connectivity index (χ4n) is 3.10. The maximum absolute atomic E-state index is 5.80. The molecule has 2 N–H and O–H groups in total. The summed E-state index contributed by atoms with van der Waals surface area (Å²) in [4.78, 5) is 4.77. The second kappa shape index (κ2) is 11.0. The number of aliphatic imine (C=N–C) groups is 1. The SMILES string of the molecule is Cc1ccccc1CN=C(NCc1nncn1C)Nc1ccc2c(c1)OCCCO2.I. The third-order valence-corrected chi connectivity index (χ3v) is 4.90. The number of hydrogen-bond acceptors (Lipinski definition) is 5. The fraction of sp³-hybridized carbons (Fsp3) is 0.318. The molecule has 1 aliphatic heterocycles. The highest BCUT2D eigenvalue weighted by Gasteiger charge is 2.12. The first kappa shape index (κ1) is 22.9. The number of aryl methyl sites for hydroxylation is 2. The molecule has 1 aromatic heterocycles. The van der Waals surface area contributed by atoms with Gasteiger partial charge in [0, 0.05) is 25.2 Å². The topological polar surface area (TPSA) is 85.6 Å². The van der Waals surface area contributed by atoms with Gasteiger partial charge in [0.15, 0.2) is 23.3 Å². The number of halogens is 1. The summed E-state index contributed by atoms with van der Waals surface area (Å²) in [7, 11) is 1.92. The molecule has 1 aliphatic rings. The lowest BCUT2D eigenvalue weighted by atomic mass is 10.1. The molecular weight excluding hydrogens is 507 g/mol. The predicted molar refractivity (Wildman–Crippen MR) is 131 cm³/mol. The molecule has 0 saturated carbocycles. The number of fused-ring (bicyclic) bond motifs is 1. The first-order valence-electron chi connectivity index (χ1n) is 10.0. The standard InChI is InChI=1S/C22H26N6O2.HI/c1-16-6-3-4-7-17(16)13-23-22(24-14-21-27-25-15-28(21)2)26-18-8-9-19-20(12-18)30-11-5-10-29-19;/h3-4,6-9,12,15H,5,10-11,13-14H2,1-2H3,(H2,23,24,26);1H. The number of guanidine groups is 1. The van der Waals surface area contributed by atoms with Crippen molar-refractivity contribution in [3.8, 4) is 11.5 Å². The normalized spacial score (nSPS) is 13.2. The lowest BCUT2D eigenvalue weighted by Crippen LogP contribution is -2.31. The van der Waals surface area contributed by atoms with Crippen LogP contribution in [0.4, 0.5) is 5.69 Å². The van der Waals surface area contributed by atoms with Gasteiger partial charge in [-0.1, -0.05) is 24.3 Å². The van der Waals surface area contributed by atoms with E-state index in [2.05, 4.69) is 39.9 Å². The quantitative estimate of drug-likeness (QED) is 0.295. The first-order valence-corrected chi connectivity index (χ1v) is 10.0. The molecule has 2 aromatic carbocycles. The van der Waals surface area contributed by atoms with Gasteiger partial charge in [-0.3, -0.25) is 0 Å². The van der Waals surface area contributed by atoms with Gasteiger partial charge < -0.3 is 24.7 Å². The Labute approximate surface area is 199 Å². The predicted octanol–water partition coefficient (Wildman–Crippen LogP) is 3.66. The monoisotopic (exact) mass is 534 g/mol. The van der Waals surface area contributed by atoms with E-state index >= 15 is 0 Å². The number of nitrogens with one attached hydrogen (secondary N) is 2. The van der Waals surface area contributed by atoms with Crippen LogP contribution in [0.1, 0.15) is 23.4 Å². The van der Waals surface area contributed by atoms with Crippen LogP contribution in [0.5, 0.6) is 11.5 Å². The molecule has 0 radical (unpaired) electrons. The summed E-state index contributed by atoms with van der Waals surface area (Å²) in [5.41, 5.74) is 3.26. The third kappa shape index (κ3) is 6.09. The number of hydrogen-bond donors (Lipinski definition) is 2. The van der Waals surface area contributed by atoms with Crippen LogP contribution in [0.2, 0.25) is 0 Å². The summed E-state index contributed by atoms with van der Waals surface area (Å²) in [5.74, 6) is 2.97. The minimum atomic E-state index is 0. The van der Waals surface area contributed by atoms with Crippen molar-refractivity contribution in [1.29, 1.82) is 0 Å². The Hall–Kier alpha value is -2.82. The van der Waals surface area contributed by atoms with Crippen LogP contribution in [-0.4, -0.2) is 33.9 Å². The molecule has 31 heavy (non-hydrogen) atoms. The Morgan fingerprint density at radius 1 is 1.13 bits per heavy atom. The van der Waals surface area contributed by atoms with Crippen molar-refractivity contribution < 1.29 is 9.47 Å². The highest BCUT2D eigenvalue weighted by atomic mass is 127. The van der Waals surface area contributed by atoms with Crippen LogP contribution in [0, 0.1) is 6.92 Å². The summed E-state index contributed by atoms with van der Waals surface area (Å²) in [6.07, 6.45) is 2.55. The van der Waals surface area contributed by atoms with Gasteiger partial charge in [0.2, 0.25) is 0 Å². The molecular formula is C22H27IN6O2. The van der Waals surface area contributed by atoms with Crippen LogP contribution >= 0.6 is 24.0 Å². The van der Waals surface area contributed by atoms with E-state index in [1.807, 2.05) is 41.9 Å². The van der Waals surface area contributed by atoms with Crippen molar-refractivity contribution >= 4 is 35.6 Å². The van der Waals surface area contributed by atoms with Crippen molar-refractivity contribution in [3.05, 3.63) is 65.7 Å². The maximum Gasteiger partial charge on any atom is 0.196 e. The highest BCUT2D eigenvalue weighted by molar-refractivity contribution is 14.0. The summed E-state index contributed by atoms with van der Waals surface area (Å²) in [5, 5.41) is 14.8. The minimum absolute atomic E-state index is 0. The Morgan fingerprint density at radius 2 is 1.94 bits per heavy atom. The van der Waals surface area contributed by atoms with Crippen molar-refractivity contribution in [3.63, 3.8) is 0 Å². The second-order valence-corrected chi connectivity index (χ2v) is 7.14. The lowest BCUT2D eigenvalue weighted by molar-refractivity contribution is 0.297. The zero-order valence-electron chi connectivity index (χ0n) is 17.7. The highest BCUT2D eigenvalue weighted by Crippen LogP contribution is 2.32. The molecule has 2 heterocycles. The van der Waals surface area contributed by atoms with Gasteiger partial charge in [0.05, 0.1) is 26.3 Å². The zero-order chi connectivity index (χ0) is 20.8. The molecule has 164 valence electrons. The van der Waals surface area contributed by atoms with E-state index in [4.69, 9.17) is 14.5 Å². The summed E-state index contributed by atoms with van der Waals surface area (Å²) >= 11 is 0. The van der Waals surface area contributed by atoms with E-state index in [0.717, 1.165) is 29.4 Å². The van der Waals surface area contributed by atoms with E-state index in [1.54, 1.807) is 6.33 Å². The molecule has 4 rings (SSSR count). The smallest absolute Gasteiger partial charge is 0.196 e. The number of rotatable bonds is 5. The fourth-order valence-corrected chi connectivity index (χ4v) is 3.10. The lowest BCUT2D eigenvalue weighted by Gasteiger charge is -2.15. The van der Waals surface area contributed by atoms with Crippen molar-refractivity contribution in [2.75, 3.05) is 18.5 Å². The van der Waals surface area contributed by atoms with Crippen LogP contribution in [0.15, 0.2) is 53.8 Å². The molecule has 0 spiro atoms. The Balaban J connectivity index is 0.00000272. The van der Waals surface area contributed by atoms with E-state index in [-0.39, 0.29) is 24.0 Å². The largest absolute Gasteiger partial charge is 0.490 e. The van der Waals surface area contributed by atoms with Gasteiger partial charge >= 0.3 is 0 Å². The number of benzene rings is 2. The first-order chi connectivity index (χ1) is 14.7. The number of aromatic nitrogens is 3. The molecule has 0 amide bonds. The Bertz CT molecular complexity index is 1040. The Kier molecular flexibility index (Phi) is 8.10. The molecule has 0 fully saturated rings. The average molecular weight is 534 g/mol. The summed E-state index contributed by atoms with van der Waals surface area (Å²) in [6, 6.07) is 14.1. The van der Waals surface area contributed by atoms with Gasteiger partial charge in [0.25, 0.3) is 0 Å². The third-order valence-electron chi connectivity index (χ3n) is 4.90. The molecule has 0 aliphatic carbocycles. The maximum atomic E-state index is 5.80. The van der Waals surface area contributed by atoms with Gasteiger partial charge in [-0.05, 0) is 30.2 Å². The van der Waals surface area contributed by atoms with Crippen molar-refractivity contribution in [1.82, 2.24) is 20.1 Å². The summed E-state index contributed by atoms with van der Waals surface area (Å²) < 4.78 is 13.4. The molecule has 0 bridgehead atoms. The van der Waals surface area contributed by atoms with E-state index in [9.17, 15) is 0 Å². The van der Waals surface area contributed by atoms with E-state index in [0.29, 0.717) is 32.3 Å². The number of ether oxygens (including phenoxy) is 2. The van der Waals surface area contributed by atoms with Gasteiger partial charge in [0.1, 0.15) is 6.33 Å². The average Bonchev–Trinajstić information content (AvgIpc) is 3.02. The van der Waals surface area contributed by atoms with Gasteiger partial charge in [-0.25, -0.2) is 4.99 Å². The zero-order valence-corrected chi connectivity index (χ0v) is 20.0. The molecule has 3 aromatic rings. The minimum Gasteiger partial charge on any atom is -0.490 e. The molecule has 0 unspecified atom stereocenters. The van der Waals surface area contributed by atoms with Crippen LogP contribution < -0.4 is 20.1 Å². The van der Waals surface area contributed by atoms with E-state index in [1.165, 1.54) is 11.1 Å². The second-order valence-electron chi connectivity index (χ2n) is 7.14. The molecule has 9 heteroatoms. The van der Waals surface area contributed by atoms with Crippen LogP contribution in [0.25, 0.3) is 0 Å². The molecule has 0 saturated heterocycles.